The van der Waals surface area contributed by atoms with Crippen LogP contribution in [0.1, 0.15) is 41.4 Å². The van der Waals surface area contributed by atoms with E-state index in [0.29, 0.717) is 29.7 Å². The van der Waals surface area contributed by atoms with Crippen molar-refractivity contribution in [3.8, 4) is 0 Å². The third kappa shape index (κ3) is 5.35. The molecule has 3 rings (SSSR count). The fourth-order valence-electron chi connectivity index (χ4n) is 3.00. The molecule has 0 saturated carbocycles. The second-order valence-electron chi connectivity index (χ2n) is 7.00. The molecule has 2 heterocycles. The van der Waals surface area contributed by atoms with Gasteiger partial charge in [0.25, 0.3) is 5.91 Å². The molecule has 152 valence electrons. The van der Waals surface area contributed by atoms with Crippen LogP contribution in [0.3, 0.4) is 0 Å². The number of rotatable bonds is 8. The maximum atomic E-state index is 12.3. The molecule has 0 bridgehead atoms. The van der Waals surface area contributed by atoms with E-state index in [4.69, 9.17) is 17.2 Å². The number of hydrogen-bond acceptors (Lipinski definition) is 8. The molecular formula is C20H26N8O. The van der Waals surface area contributed by atoms with Crippen molar-refractivity contribution >= 4 is 28.8 Å². The number of carbonyl (C=O) groups excluding carboxylic acids is 1. The molecule has 0 aliphatic carbocycles. The van der Waals surface area contributed by atoms with E-state index in [1.165, 1.54) is 0 Å². The summed E-state index contributed by atoms with van der Waals surface area (Å²) in [5.41, 5.74) is 20.3. The zero-order valence-electron chi connectivity index (χ0n) is 16.4. The van der Waals surface area contributed by atoms with E-state index >= 15 is 0 Å². The fraction of sp³-hybridized carbons (Fsp3) is 0.350. The van der Waals surface area contributed by atoms with Gasteiger partial charge in [0.15, 0.2) is 17.0 Å². The normalized spacial score (nSPS) is 12.1. The Morgan fingerprint density at radius 2 is 1.86 bits per heavy atom. The summed E-state index contributed by atoms with van der Waals surface area (Å²) in [6.45, 7) is 2.61. The van der Waals surface area contributed by atoms with Crippen LogP contribution in [0, 0.1) is 0 Å². The van der Waals surface area contributed by atoms with Crippen molar-refractivity contribution in [1.82, 2.24) is 25.3 Å². The minimum absolute atomic E-state index is 0.0729. The number of nitrogens with two attached hydrogens (primary N) is 3. The van der Waals surface area contributed by atoms with Crippen LogP contribution in [0.2, 0.25) is 0 Å². The summed E-state index contributed by atoms with van der Waals surface area (Å²) in [4.78, 5) is 29.0. The van der Waals surface area contributed by atoms with Gasteiger partial charge in [-0.05, 0) is 56.8 Å². The van der Waals surface area contributed by atoms with E-state index in [9.17, 15) is 4.79 Å². The largest absolute Gasteiger partial charge is 0.382 e. The summed E-state index contributed by atoms with van der Waals surface area (Å²) < 4.78 is 0. The van der Waals surface area contributed by atoms with Gasteiger partial charge in [0.2, 0.25) is 5.95 Å². The predicted molar refractivity (Wildman–Crippen MR) is 113 cm³/mol. The van der Waals surface area contributed by atoms with Gasteiger partial charge in [-0.15, -0.1) is 0 Å². The Hall–Kier alpha value is -3.33. The summed E-state index contributed by atoms with van der Waals surface area (Å²) >= 11 is 0. The quantitative estimate of drug-likeness (QED) is 0.444. The van der Waals surface area contributed by atoms with Crippen molar-refractivity contribution < 1.29 is 4.79 Å². The number of hydrogen-bond donors (Lipinski definition) is 4. The highest BCUT2D eigenvalue weighted by atomic mass is 16.1. The summed E-state index contributed by atoms with van der Waals surface area (Å²) in [5.74, 6) is 0.226. The maximum Gasteiger partial charge on any atom is 0.251 e. The molecule has 0 unspecified atom stereocenters. The van der Waals surface area contributed by atoms with Gasteiger partial charge in [-0.25, -0.2) is 9.97 Å². The van der Waals surface area contributed by atoms with Gasteiger partial charge in [-0.3, -0.25) is 4.79 Å². The lowest BCUT2D eigenvalue weighted by molar-refractivity contribution is 0.0938. The third-order valence-corrected chi connectivity index (χ3v) is 4.61. The Kier molecular flexibility index (Phi) is 6.50. The average Bonchev–Trinajstić information content (AvgIpc) is 2.71. The number of aromatic nitrogens is 4. The van der Waals surface area contributed by atoms with Gasteiger partial charge >= 0.3 is 0 Å². The van der Waals surface area contributed by atoms with Gasteiger partial charge in [0, 0.05) is 11.6 Å². The second-order valence-corrected chi connectivity index (χ2v) is 7.00. The molecule has 0 spiro atoms. The highest BCUT2D eigenvalue weighted by Gasteiger charge is 2.10. The number of anilines is 2. The Balaban J connectivity index is 1.60. The first kappa shape index (κ1) is 20.4. The molecule has 7 N–H and O–H groups in total. The first-order valence-electron chi connectivity index (χ1n) is 9.60. The number of nitrogens with zero attached hydrogens (tertiary/aromatic N) is 4. The molecule has 1 amide bonds. The lowest BCUT2D eigenvalue weighted by Crippen LogP contribution is -2.32. The number of aryl methyl sites for hydroxylation is 2. The van der Waals surface area contributed by atoms with Crippen molar-refractivity contribution in [2.45, 2.75) is 38.6 Å². The molecule has 1 aromatic carbocycles. The third-order valence-electron chi connectivity index (χ3n) is 4.61. The molecule has 0 saturated heterocycles. The highest BCUT2D eigenvalue weighted by Crippen LogP contribution is 2.16. The van der Waals surface area contributed by atoms with E-state index in [0.717, 1.165) is 30.5 Å². The van der Waals surface area contributed by atoms with Crippen LogP contribution < -0.4 is 22.5 Å². The minimum Gasteiger partial charge on any atom is -0.382 e. The topological polar surface area (TPSA) is 159 Å². The minimum atomic E-state index is -0.0729. The molecule has 0 fully saturated rings. The molecule has 0 aliphatic rings. The summed E-state index contributed by atoms with van der Waals surface area (Å²) in [6.07, 6.45) is 4.86. The summed E-state index contributed by atoms with van der Waals surface area (Å²) in [6, 6.07) is 7.67. The molecule has 0 radical (unpaired) electrons. The van der Waals surface area contributed by atoms with Crippen molar-refractivity contribution in [3.63, 3.8) is 0 Å². The average molecular weight is 394 g/mol. The molecule has 2 aromatic heterocycles. The smallest absolute Gasteiger partial charge is 0.251 e. The van der Waals surface area contributed by atoms with E-state index in [1.807, 2.05) is 31.2 Å². The first-order valence-corrected chi connectivity index (χ1v) is 9.60. The lowest BCUT2D eigenvalue weighted by Gasteiger charge is -2.13. The van der Waals surface area contributed by atoms with E-state index < -0.39 is 0 Å². The monoisotopic (exact) mass is 394 g/mol. The fourth-order valence-corrected chi connectivity index (χ4v) is 3.00. The number of nitrogen functional groups attached to an aromatic ring is 2. The Bertz CT molecular complexity index is 990. The highest BCUT2D eigenvalue weighted by molar-refractivity contribution is 5.94. The van der Waals surface area contributed by atoms with Crippen molar-refractivity contribution in [2.24, 2.45) is 5.73 Å². The number of nitrogens with one attached hydrogen (secondary N) is 1. The number of carbonyl (C=O) groups is 1. The SMILES string of the molecule is C[C@H](CCCN)NC(=O)c1ccc(CCc2cnc3nc(N)nc(N)c3n2)cc1. The number of benzene rings is 1. The van der Waals surface area contributed by atoms with E-state index in [1.54, 1.807) is 6.20 Å². The second kappa shape index (κ2) is 9.24. The molecule has 3 aromatic rings. The molecule has 1 atom stereocenters. The van der Waals surface area contributed by atoms with Gasteiger partial charge in [-0.1, -0.05) is 12.1 Å². The summed E-state index contributed by atoms with van der Waals surface area (Å²) in [5, 5.41) is 2.99. The predicted octanol–water partition coefficient (Wildman–Crippen LogP) is 1.23. The standard InChI is InChI=1S/C20H26N8O/c1-12(3-2-10-21)25-19(29)14-7-4-13(5-8-14)6-9-15-11-24-18-16(26-15)17(22)27-20(23)28-18/h4-5,7-8,11-12H,2-3,6,9-10,21H2,1H3,(H,25,29)(H4,22,23,24,27,28)/t12-/m1/s1. The molecule has 29 heavy (non-hydrogen) atoms. The van der Waals surface area contributed by atoms with Gasteiger partial charge in [0.05, 0.1) is 11.9 Å². The van der Waals surface area contributed by atoms with Gasteiger partial charge in [-0.2, -0.15) is 9.97 Å². The van der Waals surface area contributed by atoms with Crippen molar-refractivity contribution in [1.29, 1.82) is 0 Å². The van der Waals surface area contributed by atoms with Crippen molar-refractivity contribution in [3.05, 3.63) is 47.3 Å². The Morgan fingerprint density at radius 3 is 2.59 bits per heavy atom. The van der Waals surface area contributed by atoms with Crippen LogP contribution in [0.5, 0.6) is 0 Å². The van der Waals surface area contributed by atoms with Crippen LogP contribution in [0.15, 0.2) is 30.5 Å². The molecular weight excluding hydrogens is 368 g/mol. The molecule has 9 heteroatoms. The number of amides is 1. The Labute approximate surface area is 169 Å². The lowest BCUT2D eigenvalue weighted by atomic mass is 10.1. The Morgan fingerprint density at radius 1 is 1.10 bits per heavy atom. The zero-order valence-corrected chi connectivity index (χ0v) is 16.4. The van der Waals surface area contributed by atoms with E-state index in [2.05, 4.69) is 25.3 Å². The van der Waals surface area contributed by atoms with Crippen LogP contribution in [-0.4, -0.2) is 38.4 Å². The maximum absolute atomic E-state index is 12.3. The van der Waals surface area contributed by atoms with E-state index in [-0.39, 0.29) is 23.7 Å². The molecule has 9 nitrogen and oxygen atoms in total. The van der Waals surface area contributed by atoms with Crippen LogP contribution in [0.4, 0.5) is 11.8 Å². The van der Waals surface area contributed by atoms with Crippen LogP contribution in [-0.2, 0) is 12.8 Å². The van der Waals surface area contributed by atoms with Crippen molar-refractivity contribution in [2.75, 3.05) is 18.0 Å². The summed E-state index contributed by atoms with van der Waals surface area (Å²) in [7, 11) is 0. The van der Waals surface area contributed by atoms with Crippen LogP contribution in [0.25, 0.3) is 11.2 Å². The molecule has 0 aliphatic heterocycles. The zero-order chi connectivity index (χ0) is 20.8. The van der Waals surface area contributed by atoms with Gasteiger partial charge in [0.1, 0.15) is 0 Å². The number of fused-ring (bicyclic) bond motifs is 1. The first-order chi connectivity index (χ1) is 14.0. The van der Waals surface area contributed by atoms with Crippen LogP contribution >= 0.6 is 0 Å². The van der Waals surface area contributed by atoms with Gasteiger partial charge < -0.3 is 22.5 Å².